The first kappa shape index (κ1) is 20.2. The van der Waals surface area contributed by atoms with Crippen molar-refractivity contribution in [1.29, 1.82) is 0 Å². The monoisotopic (exact) mass is 265 g/mol. The first-order valence-corrected chi connectivity index (χ1v) is 4.30. The van der Waals surface area contributed by atoms with Crippen molar-refractivity contribution in [3.05, 3.63) is 0 Å². The molecule has 3 N–H and O–H groups in total. The number of hydrogen-bond donors (Lipinski definition) is 2. The van der Waals surface area contributed by atoms with Crippen LogP contribution in [0.25, 0.3) is 0 Å². The van der Waals surface area contributed by atoms with E-state index in [2.05, 4.69) is 24.1 Å². The molecule has 0 aromatic rings. The minimum atomic E-state index is -0.0443. The van der Waals surface area contributed by atoms with E-state index in [0.29, 0.717) is 0 Å². The molecule has 0 aliphatic carbocycles. The fourth-order valence-corrected chi connectivity index (χ4v) is 1.45. The van der Waals surface area contributed by atoms with Crippen LogP contribution in [0.2, 0.25) is 0 Å². The molecule has 0 bridgehead atoms. The van der Waals surface area contributed by atoms with E-state index < -0.39 is 0 Å². The molecule has 3 nitrogen and oxygen atoms in total. The summed E-state index contributed by atoms with van der Waals surface area (Å²) in [5.74, 6) is 0. The van der Waals surface area contributed by atoms with E-state index in [1.165, 1.54) is 0 Å². The van der Waals surface area contributed by atoms with E-state index in [-0.39, 0.29) is 42.8 Å². The van der Waals surface area contributed by atoms with Gasteiger partial charge in [-0.2, -0.15) is 0 Å². The van der Waals surface area contributed by atoms with Gasteiger partial charge in [-0.3, -0.25) is 4.90 Å². The third-order valence-electron chi connectivity index (χ3n) is 1.84. The number of hydrogen-bond acceptors (Lipinski definition) is 3. The van der Waals surface area contributed by atoms with Crippen LogP contribution in [0.15, 0.2) is 0 Å². The minimum absolute atomic E-state index is 0. The molecule has 0 aromatic heterocycles. The van der Waals surface area contributed by atoms with E-state index in [1.54, 1.807) is 0 Å². The van der Waals surface area contributed by atoms with E-state index >= 15 is 0 Å². The van der Waals surface area contributed by atoms with Crippen molar-refractivity contribution in [1.82, 2.24) is 10.2 Å². The molecular formula is C8H22Cl3N3. The SMILES string of the molecule is CC(C)(N)CN1CCNCC1.Cl.Cl.Cl. The molecular weight excluding hydrogens is 244 g/mol. The zero-order valence-electron chi connectivity index (χ0n) is 8.78. The van der Waals surface area contributed by atoms with Gasteiger partial charge in [-0.25, -0.2) is 0 Å². The van der Waals surface area contributed by atoms with Gasteiger partial charge < -0.3 is 11.1 Å². The van der Waals surface area contributed by atoms with Crippen LogP contribution >= 0.6 is 37.2 Å². The summed E-state index contributed by atoms with van der Waals surface area (Å²) in [4.78, 5) is 2.41. The van der Waals surface area contributed by atoms with Crippen molar-refractivity contribution in [3.8, 4) is 0 Å². The Morgan fingerprint density at radius 2 is 1.57 bits per heavy atom. The summed E-state index contributed by atoms with van der Waals surface area (Å²) in [6.07, 6.45) is 0. The van der Waals surface area contributed by atoms with Gasteiger partial charge in [0.2, 0.25) is 0 Å². The van der Waals surface area contributed by atoms with E-state index in [1.807, 2.05) is 0 Å². The molecule has 0 saturated carbocycles. The molecule has 0 unspecified atom stereocenters. The molecule has 1 heterocycles. The highest BCUT2D eigenvalue weighted by Crippen LogP contribution is 2.01. The smallest absolute Gasteiger partial charge is 0.0226 e. The third kappa shape index (κ3) is 9.31. The third-order valence-corrected chi connectivity index (χ3v) is 1.84. The molecule has 1 rings (SSSR count). The number of nitrogens with zero attached hydrogens (tertiary/aromatic N) is 1. The highest BCUT2D eigenvalue weighted by Gasteiger charge is 2.17. The van der Waals surface area contributed by atoms with Gasteiger partial charge in [0, 0.05) is 38.3 Å². The fourth-order valence-electron chi connectivity index (χ4n) is 1.45. The lowest BCUT2D eigenvalue weighted by Crippen LogP contribution is -2.51. The van der Waals surface area contributed by atoms with Crippen LogP contribution in [0.3, 0.4) is 0 Å². The first-order chi connectivity index (χ1) is 5.08. The standard InChI is InChI=1S/C8H19N3.3ClH/c1-8(2,9)7-11-5-3-10-4-6-11;;;/h10H,3-7,9H2,1-2H3;3*1H. The Morgan fingerprint density at radius 3 is 1.93 bits per heavy atom. The van der Waals surface area contributed by atoms with Gasteiger partial charge >= 0.3 is 0 Å². The van der Waals surface area contributed by atoms with Crippen LogP contribution < -0.4 is 11.1 Å². The zero-order valence-corrected chi connectivity index (χ0v) is 11.2. The van der Waals surface area contributed by atoms with Gasteiger partial charge in [0.1, 0.15) is 0 Å². The van der Waals surface area contributed by atoms with Gasteiger partial charge in [0.15, 0.2) is 0 Å². The van der Waals surface area contributed by atoms with E-state index in [9.17, 15) is 0 Å². The van der Waals surface area contributed by atoms with E-state index in [0.717, 1.165) is 32.7 Å². The largest absolute Gasteiger partial charge is 0.324 e. The fraction of sp³-hybridized carbons (Fsp3) is 1.00. The average molecular weight is 267 g/mol. The maximum atomic E-state index is 5.90. The van der Waals surface area contributed by atoms with Crippen LogP contribution in [0.1, 0.15) is 13.8 Å². The lowest BCUT2D eigenvalue weighted by Gasteiger charge is -2.32. The van der Waals surface area contributed by atoms with Crippen LogP contribution in [0.5, 0.6) is 0 Å². The highest BCUT2D eigenvalue weighted by atomic mass is 35.5. The lowest BCUT2D eigenvalue weighted by molar-refractivity contribution is 0.202. The Hall–Kier alpha value is 0.750. The molecule has 1 aliphatic rings. The molecule has 0 radical (unpaired) electrons. The Balaban J connectivity index is -0.000000403. The molecule has 0 atom stereocenters. The van der Waals surface area contributed by atoms with Gasteiger partial charge in [-0.05, 0) is 13.8 Å². The maximum absolute atomic E-state index is 5.90. The molecule has 90 valence electrons. The van der Waals surface area contributed by atoms with Crippen molar-refractivity contribution < 1.29 is 0 Å². The van der Waals surface area contributed by atoms with Crippen LogP contribution in [0.4, 0.5) is 0 Å². The summed E-state index contributed by atoms with van der Waals surface area (Å²) >= 11 is 0. The van der Waals surface area contributed by atoms with Crippen LogP contribution in [-0.4, -0.2) is 43.2 Å². The molecule has 1 aliphatic heterocycles. The summed E-state index contributed by atoms with van der Waals surface area (Å²) in [6.45, 7) is 9.66. The lowest BCUT2D eigenvalue weighted by atomic mass is 10.1. The molecule has 0 amide bonds. The van der Waals surface area contributed by atoms with Gasteiger partial charge in [0.25, 0.3) is 0 Å². The van der Waals surface area contributed by atoms with Crippen molar-refractivity contribution in [3.63, 3.8) is 0 Å². The summed E-state index contributed by atoms with van der Waals surface area (Å²) in [5, 5.41) is 3.32. The minimum Gasteiger partial charge on any atom is -0.324 e. The van der Waals surface area contributed by atoms with Crippen LogP contribution in [0, 0.1) is 0 Å². The Labute approximate surface area is 105 Å². The van der Waals surface area contributed by atoms with Gasteiger partial charge in [-0.1, -0.05) is 0 Å². The van der Waals surface area contributed by atoms with Gasteiger partial charge in [0.05, 0.1) is 0 Å². The van der Waals surface area contributed by atoms with Crippen LogP contribution in [-0.2, 0) is 0 Å². The quantitative estimate of drug-likeness (QED) is 0.780. The number of piperazine rings is 1. The Morgan fingerprint density at radius 1 is 1.14 bits per heavy atom. The number of halogens is 3. The Bertz CT molecular complexity index is 121. The average Bonchev–Trinajstić information content (AvgIpc) is 1.85. The molecule has 14 heavy (non-hydrogen) atoms. The summed E-state index contributed by atoms with van der Waals surface area (Å²) < 4.78 is 0. The molecule has 1 fully saturated rings. The van der Waals surface area contributed by atoms with Gasteiger partial charge in [-0.15, -0.1) is 37.2 Å². The molecule has 0 spiro atoms. The number of nitrogens with two attached hydrogens (primary N) is 1. The Kier molecular flexibility index (Phi) is 13.0. The van der Waals surface area contributed by atoms with E-state index in [4.69, 9.17) is 5.73 Å². The second-order valence-corrected chi connectivity index (χ2v) is 4.01. The normalized spacial score (nSPS) is 17.4. The number of rotatable bonds is 2. The molecule has 6 heteroatoms. The second-order valence-electron chi connectivity index (χ2n) is 4.01. The van der Waals surface area contributed by atoms with Crippen molar-refractivity contribution in [2.75, 3.05) is 32.7 Å². The second kappa shape index (κ2) is 9.01. The topological polar surface area (TPSA) is 41.3 Å². The summed E-state index contributed by atoms with van der Waals surface area (Å²) in [5.41, 5.74) is 5.86. The number of nitrogens with one attached hydrogen (secondary N) is 1. The predicted octanol–water partition coefficient (Wildman–Crippen LogP) is 0.894. The van der Waals surface area contributed by atoms with Crippen molar-refractivity contribution >= 4 is 37.2 Å². The zero-order chi connectivity index (χ0) is 8.32. The predicted molar refractivity (Wildman–Crippen MR) is 69.3 cm³/mol. The maximum Gasteiger partial charge on any atom is 0.0226 e. The molecule has 1 saturated heterocycles. The first-order valence-electron chi connectivity index (χ1n) is 4.30. The molecule has 0 aromatic carbocycles. The van der Waals surface area contributed by atoms with Crippen molar-refractivity contribution in [2.24, 2.45) is 5.73 Å². The summed E-state index contributed by atoms with van der Waals surface area (Å²) in [7, 11) is 0. The summed E-state index contributed by atoms with van der Waals surface area (Å²) in [6, 6.07) is 0. The van der Waals surface area contributed by atoms with Crippen molar-refractivity contribution in [2.45, 2.75) is 19.4 Å². The highest BCUT2D eigenvalue weighted by molar-refractivity contribution is 5.86.